The molecule has 1 saturated carbocycles. The van der Waals surface area contributed by atoms with E-state index in [9.17, 15) is 4.79 Å². The van der Waals surface area contributed by atoms with Gasteiger partial charge in [-0.3, -0.25) is 0 Å². The van der Waals surface area contributed by atoms with E-state index in [1.807, 2.05) is 0 Å². The van der Waals surface area contributed by atoms with E-state index in [4.69, 9.17) is 4.84 Å². The first-order valence-corrected chi connectivity index (χ1v) is 9.83. The fraction of sp³-hybridized carbons (Fsp3) is 0.833. The van der Waals surface area contributed by atoms with Crippen molar-refractivity contribution < 1.29 is 9.63 Å². The molecule has 0 aliphatic heterocycles. The second kappa shape index (κ2) is 5.62. The minimum atomic E-state index is -1.06. The summed E-state index contributed by atoms with van der Waals surface area (Å²) in [4.78, 5) is 15.5. The molecule has 0 amide bonds. The third kappa shape index (κ3) is 4.92. The van der Waals surface area contributed by atoms with Crippen LogP contribution in [0.3, 0.4) is 0 Å². The molecule has 0 saturated heterocycles. The standard InChI is InChI=1S/C12H23NO2Si/c1-10(14)15-13-12-8-6-5-7-11(12)9-16(2,3)4/h11H,5-9H2,1-4H3/b13-12+. The van der Waals surface area contributed by atoms with Crippen LogP contribution in [0.5, 0.6) is 0 Å². The average Bonchev–Trinajstić information content (AvgIpc) is 2.14. The number of hydrogen-bond donors (Lipinski definition) is 0. The molecule has 0 radical (unpaired) electrons. The summed E-state index contributed by atoms with van der Waals surface area (Å²) in [6, 6.07) is 1.26. The molecule has 1 aliphatic rings. The molecule has 0 aromatic heterocycles. The Kier molecular flexibility index (Phi) is 4.71. The van der Waals surface area contributed by atoms with Gasteiger partial charge >= 0.3 is 5.97 Å². The summed E-state index contributed by atoms with van der Waals surface area (Å²) in [7, 11) is -1.06. The van der Waals surface area contributed by atoms with Crippen molar-refractivity contribution in [3.8, 4) is 0 Å². The maximum absolute atomic E-state index is 10.8. The van der Waals surface area contributed by atoms with Crippen LogP contribution in [0.15, 0.2) is 5.16 Å². The SMILES string of the molecule is CC(=O)O/N=C1\CCCCC1C[Si](C)(C)C. The molecule has 1 aliphatic carbocycles. The van der Waals surface area contributed by atoms with Crippen molar-refractivity contribution in [1.29, 1.82) is 0 Å². The summed E-state index contributed by atoms with van der Waals surface area (Å²) in [6.07, 6.45) is 4.68. The molecule has 16 heavy (non-hydrogen) atoms. The predicted octanol–water partition coefficient (Wildman–Crippen LogP) is 3.43. The molecule has 1 fully saturated rings. The van der Waals surface area contributed by atoms with Gasteiger partial charge in [-0.2, -0.15) is 0 Å². The molecule has 0 aromatic rings. The molecule has 0 spiro atoms. The first-order chi connectivity index (χ1) is 7.38. The highest BCUT2D eigenvalue weighted by Crippen LogP contribution is 2.29. The molecule has 4 heteroatoms. The van der Waals surface area contributed by atoms with Gasteiger partial charge in [0, 0.05) is 15.0 Å². The highest BCUT2D eigenvalue weighted by atomic mass is 28.3. The second-order valence-electron chi connectivity index (χ2n) is 5.87. The fourth-order valence-corrected chi connectivity index (χ4v) is 4.19. The summed E-state index contributed by atoms with van der Waals surface area (Å²) < 4.78 is 0. The first kappa shape index (κ1) is 13.4. The summed E-state index contributed by atoms with van der Waals surface area (Å²) in [5, 5.41) is 4.04. The lowest BCUT2D eigenvalue weighted by Crippen LogP contribution is -2.30. The Morgan fingerprint density at radius 1 is 1.44 bits per heavy atom. The number of rotatable bonds is 3. The summed E-state index contributed by atoms with van der Waals surface area (Å²) >= 11 is 0. The Hall–Kier alpha value is -0.643. The van der Waals surface area contributed by atoms with Crippen molar-refractivity contribution in [3.63, 3.8) is 0 Å². The molecular weight excluding hydrogens is 218 g/mol. The van der Waals surface area contributed by atoms with Gasteiger partial charge in [0.2, 0.25) is 0 Å². The van der Waals surface area contributed by atoms with Crippen LogP contribution in [0.4, 0.5) is 0 Å². The van der Waals surface area contributed by atoms with Gasteiger partial charge in [-0.05, 0) is 31.2 Å². The Labute approximate surface area is 99.3 Å². The monoisotopic (exact) mass is 241 g/mol. The normalized spacial score (nSPS) is 24.5. The number of oxime groups is 1. The van der Waals surface area contributed by atoms with E-state index in [2.05, 4.69) is 24.8 Å². The Bertz CT molecular complexity index is 281. The zero-order chi connectivity index (χ0) is 12.2. The topological polar surface area (TPSA) is 38.7 Å². The number of nitrogens with zero attached hydrogens (tertiary/aromatic N) is 1. The van der Waals surface area contributed by atoms with E-state index < -0.39 is 8.07 Å². The number of carbonyl (C=O) groups excluding carboxylic acids is 1. The Balaban J connectivity index is 2.63. The minimum absolute atomic E-state index is 0.315. The van der Waals surface area contributed by atoms with E-state index in [0.717, 1.165) is 12.1 Å². The van der Waals surface area contributed by atoms with Gasteiger partial charge in [-0.1, -0.05) is 31.2 Å². The van der Waals surface area contributed by atoms with Crippen LogP contribution < -0.4 is 0 Å². The molecule has 1 unspecified atom stereocenters. The molecule has 0 N–H and O–H groups in total. The van der Waals surface area contributed by atoms with Gasteiger partial charge in [-0.15, -0.1) is 0 Å². The van der Waals surface area contributed by atoms with E-state index in [1.165, 1.54) is 32.2 Å². The van der Waals surface area contributed by atoms with Crippen LogP contribution >= 0.6 is 0 Å². The second-order valence-corrected chi connectivity index (χ2v) is 11.4. The molecule has 3 nitrogen and oxygen atoms in total. The molecule has 1 atom stereocenters. The van der Waals surface area contributed by atoms with Gasteiger partial charge in [0.15, 0.2) is 0 Å². The zero-order valence-electron chi connectivity index (χ0n) is 10.9. The van der Waals surface area contributed by atoms with Crippen LogP contribution in [0, 0.1) is 5.92 Å². The van der Waals surface area contributed by atoms with Crippen LogP contribution in [0.2, 0.25) is 25.7 Å². The molecule has 0 aromatic carbocycles. The molecule has 0 bridgehead atoms. The van der Waals surface area contributed by atoms with E-state index in [0.29, 0.717) is 5.92 Å². The van der Waals surface area contributed by atoms with Crippen molar-refractivity contribution in [1.82, 2.24) is 0 Å². The van der Waals surface area contributed by atoms with Gasteiger partial charge in [0.1, 0.15) is 0 Å². The fourth-order valence-electron chi connectivity index (χ4n) is 2.27. The molecular formula is C12H23NO2Si. The predicted molar refractivity (Wildman–Crippen MR) is 69.3 cm³/mol. The Morgan fingerprint density at radius 3 is 2.69 bits per heavy atom. The lowest BCUT2D eigenvalue weighted by molar-refractivity contribution is -0.141. The third-order valence-corrected chi connectivity index (χ3v) is 4.57. The summed E-state index contributed by atoms with van der Waals surface area (Å²) in [5.74, 6) is 0.240. The van der Waals surface area contributed by atoms with Crippen molar-refractivity contribution in [3.05, 3.63) is 0 Å². The van der Waals surface area contributed by atoms with Crippen LogP contribution in [0.1, 0.15) is 32.6 Å². The smallest absolute Gasteiger partial charge is 0.319 e. The molecule has 0 heterocycles. The zero-order valence-corrected chi connectivity index (χ0v) is 11.9. The number of hydrogen-bond acceptors (Lipinski definition) is 3. The number of carbonyl (C=O) groups is 1. The van der Waals surface area contributed by atoms with E-state index in [-0.39, 0.29) is 5.97 Å². The van der Waals surface area contributed by atoms with Gasteiger partial charge in [0.25, 0.3) is 0 Å². The van der Waals surface area contributed by atoms with Gasteiger partial charge in [-0.25, -0.2) is 4.79 Å². The lowest BCUT2D eigenvalue weighted by atomic mass is 9.89. The first-order valence-electron chi connectivity index (χ1n) is 6.13. The van der Waals surface area contributed by atoms with Gasteiger partial charge < -0.3 is 4.84 Å². The van der Waals surface area contributed by atoms with Crippen LogP contribution in [0.25, 0.3) is 0 Å². The highest BCUT2D eigenvalue weighted by Gasteiger charge is 2.27. The summed E-state index contributed by atoms with van der Waals surface area (Å²) in [5.41, 5.74) is 1.11. The third-order valence-electron chi connectivity index (χ3n) is 2.86. The quantitative estimate of drug-likeness (QED) is 0.431. The van der Waals surface area contributed by atoms with Crippen LogP contribution in [-0.4, -0.2) is 19.8 Å². The maximum atomic E-state index is 10.8. The van der Waals surface area contributed by atoms with Crippen molar-refractivity contribution >= 4 is 19.8 Å². The van der Waals surface area contributed by atoms with E-state index in [1.54, 1.807) is 0 Å². The molecule has 1 rings (SSSR count). The highest BCUT2D eigenvalue weighted by molar-refractivity contribution is 6.76. The largest absolute Gasteiger partial charge is 0.331 e. The maximum Gasteiger partial charge on any atom is 0.331 e. The Morgan fingerprint density at radius 2 is 2.12 bits per heavy atom. The van der Waals surface area contributed by atoms with Crippen LogP contribution in [-0.2, 0) is 9.63 Å². The van der Waals surface area contributed by atoms with Crippen molar-refractivity contribution in [2.45, 2.75) is 58.3 Å². The lowest BCUT2D eigenvalue weighted by Gasteiger charge is -2.28. The average molecular weight is 241 g/mol. The molecule has 92 valence electrons. The van der Waals surface area contributed by atoms with Crippen molar-refractivity contribution in [2.24, 2.45) is 11.1 Å². The van der Waals surface area contributed by atoms with Gasteiger partial charge in [0.05, 0.1) is 5.71 Å². The van der Waals surface area contributed by atoms with Crippen molar-refractivity contribution in [2.75, 3.05) is 0 Å². The van der Waals surface area contributed by atoms with E-state index >= 15 is 0 Å². The minimum Gasteiger partial charge on any atom is -0.319 e. The summed E-state index contributed by atoms with van der Waals surface area (Å²) in [6.45, 7) is 8.54.